The maximum absolute atomic E-state index is 11.0. The first-order chi connectivity index (χ1) is 10.6. The van der Waals surface area contributed by atoms with E-state index in [1.807, 2.05) is 12.1 Å². The maximum Gasteiger partial charge on any atom is 0.335 e. The summed E-state index contributed by atoms with van der Waals surface area (Å²) in [7, 11) is 0. The average Bonchev–Trinajstić information content (AvgIpc) is 2.96. The van der Waals surface area contributed by atoms with Crippen LogP contribution >= 0.6 is 24.0 Å². The first-order valence-electron chi connectivity index (χ1n) is 7.44. The van der Waals surface area contributed by atoms with Crippen LogP contribution in [-0.4, -0.2) is 17.6 Å². The number of hydrogen-bond acceptors (Lipinski definition) is 3. The van der Waals surface area contributed by atoms with Gasteiger partial charge in [-0.2, -0.15) is 0 Å². The van der Waals surface area contributed by atoms with Crippen molar-refractivity contribution in [3.05, 3.63) is 46.7 Å². The number of hydrogen-bond donors (Lipinski definition) is 2. The van der Waals surface area contributed by atoms with Gasteiger partial charge in [-0.05, 0) is 43.3 Å². The summed E-state index contributed by atoms with van der Waals surface area (Å²) >= 11 is 6.14. The molecule has 0 saturated carbocycles. The van der Waals surface area contributed by atoms with Crippen molar-refractivity contribution in [2.75, 3.05) is 6.54 Å². The van der Waals surface area contributed by atoms with Crippen molar-refractivity contribution in [2.45, 2.75) is 32.7 Å². The summed E-state index contributed by atoms with van der Waals surface area (Å²) in [5.74, 6) is 0.407. The molecular formula is C17H21Cl2NO3. The zero-order valence-electron chi connectivity index (χ0n) is 13.0. The number of carbonyl (C=O) groups is 1. The molecule has 0 amide bonds. The number of halogens is 2. The molecule has 23 heavy (non-hydrogen) atoms. The van der Waals surface area contributed by atoms with Gasteiger partial charge in [-0.15, -0.1) is 12.4 Å². The fourth-order valence-electron chi connectivity index (χ4n) is 2.18. The number of furan rings is 1. The highest BCUT2D eigenvalue weighted by molar-refractivity contribution is 6.33. The number of rotatable bonds is 8. The van der Waals surface area contributed by atoms with Crippen LogP contribution in [0.2, 0.25) is 5.02 Å². The molecule has 0 aliphatic rings. The quantitative estimate of drug-likeness (QED) is 0.652. The highest BCUT2D eigenvalue weighted by Gasteiger charge is 2.12. The predicted molar refractivity (Wildman–Crippen MR) is 94.6 cm³/mol. The monoisotopic (exact) mass is 357 g/mol. The molecule has 2 rings (SSSR count). The van der Waals surface area contributed by atoms with Gasteiger partial charge in [0.2, 0.25) is 0 Å². The van der Waals surface area contributed by atoms with E-state index in [1.165, 1.54) is 25.0 Å². The van der Waals surface area contributed by atoms with Gasteiger partial charge in [-0.3, -0.25) is 0 Å². The van der Waals surface area contributed by atoms with Crippen LogP contribution in [0.4, 0.5) is 0 Å². The Hall–Kier alpha value is -1.49. The minimum atomic E-state index is -0.984. The van der Waals surface area contributed by atoms with Gasteiger partial charge in [-0.1, -0.05) is 31.4 Å². The van der Waals surface area contributed by atoms with E-state index < -0.39 is 5.97 Å². The molecule has 0 fully saturated rings. The fraction of sp³-hybridized carbons (Fsp3) is 0.353. The van der Waals surface area contributed by atoms with E-state index >= 15 is 0 Å². The third kappa shape index (κ3) is 5.57. The van der Waals surface area contributed by atoms with Crippen molar-refractivity contribution in [1.29, 1.82) is 0 Å². The lowest BCUT2D eigenvalue weighted by Gasteiger charge is -2.04. The predicted octanol–water partition coefficient (Wildman–Crippen LogP) is 5.00. The largest absolute Gasteiger partial charge is 0.478 e. The minimum Gasteiger partial charge on any atom is -0.478 e. The topological polar surface area (TPSA) is 62.5 Å². The first kappa shape index (κ1) is 19.6. The molecule has 126 valence electrons. The standard InChI is InChI=1S/C17H20ClNO3.ClH/c1-2-3-4-9-19-11-13-6-8-16(22-13)14-10-12(17(20)21)5-7-15(14)18;/h5-8,10,19H,2-4,9,11H2,1H3,(H,20,21);1H. The number of nitrogens with one attached hydrogen (secondary N) is 1. The molecule has 6 heteroatoms. The SMILES string of the molecule is CCCCCNCc1ccc(-c2cc(C(=O)O)ccc2Cl)o1.Cl. The van der Waals surface area contributed by atoms with Gasteiger partial charge < -0.3 is 14.8 Å². The van der Waals surface area contributed by atoms with E-state index in [-0.39, 0.29) is 18.0 Å². The van der Waals surface area contributed by atoms with E-state index in [2.05, 4.69) is 12.2 Å². The smallest absolute Gasteiger partial charge is 0.335 e. The van der Waals surface area contributed by atoms with E-state index in [1.54, 1.807) is 6.07 Å². The van der Waals surface area contributed by atoms with Crippen molar-refractivity contribution >= 4 is 30.0 Å². The highest BCUT2D eigenvalue weighted by Crippen LogP contribution is 2.30. The van der Waals surface area contributed by atoms with Crippen LogP contribution in [-0.2, 0) is 6.54 Å². The molecule has 0 atom stereocenters. The third-order valence-electron chi connectivity index (χ3n) is 3.40. The Labute approximate surface area is 147 Å². The average molecular weight is 358 g/mol. The molecule has 4 nitrogen and oxygen atoms in total. The van der Waals surface area contributed by atoms with Crippen LogP contribution in [0.1, 0.15) is 42.3 Å². The lowest BCUT2D eigenvalue weighted by atomic mass is 10.1. The Morgan fingerprint density at radius 3 is 2.74 bits per heavy atom. The van der Waals surface area contributed by atoms with Crippen LogP contribution in [0.5, 0.6) is 0 Å². The van der Waals surface area contributed by atoms with Gasteiger partial charge in [0.15, 0.2) is 0 Å². The van der Waals surface area contributed by atoms with Gasteiger partial charge in [0.1, 0.15) is 11.5 Å². The molecular weight excluding hydrogens is 337 g/mol. The normalized spacial score (nSPS) is 10.3. The first-order valence-corrected chi connectivity index (χ1v) is 7.82. The molecule has 0 bridgehead atoms. The number of aromatic carboxylic acids is 1. The zero-order valence-corrected chi connectivity index (χ0v) is 14.5. The van der Waals surface area contributed by atoms with Crippen LogP contribution in [0.3, 0.4) is 0 Å². The number of carboxylic acids is 1. The van der Waals surface area contributed by atoms with E-state index in [0.29, 0.717) is 22.9 Å². The van der Waals surface area contributed by atoms with Crippen molar-refractivity contribution in [1.82, 2.24) is 5.32 Å². The summed E-state index contributed by atoms with van der Waals surface area (Å²) in [6.07, 6.45) is 3.57. The summed E-state index contributed by atoms with van der Waals surface area (Å²) in [6.45, 7) is 3.78. The van der Waals surface area contributed by atoms with Crippen LogP contribution in [0.15, 0.2) is 34.7 Å². The molecule has 2 aromatic rings. The van der Waals surface area contributed by atoms with Crippen LogP contribution in [0, 0.1) is 0 Å². The summed E-state index contributed by atoms with van der Waals surface area (Å²) in [5.41, 5.74) is 0.786. The lowest BCUT2D eigenvalue weighted by Crippen LogP contribution is -2.13. The van der Waals surface area contributed by atoms with Gasteiger partial charge in [0.05, 0.1) is 17.1 Å². The van der Waals surface area contributed by atoms with E-state index in [0.717, 1.165) is 18.7 Å². The number of carboxylic acid groups (broad SMARTS) is 1. The fourth-order valence-corrected chi connectivity index (χ4v) is 2.39. The zero-order chi connectivity index (χ0) is 15.9. The third-order valence-corrected chi connectivity index (χ3v) is 3.73. The number of unbranched alkanes of at least 4 members (excludes halogenated alkanes) is 2. The molecule has 1 aromatic heterocycles. The number of benzene rings is 1. The molecule has 1 aromatic carbocycles. The Bertz CT molecular complexity index is 641. The molecule has 0 radical (unpaired) electrons. The molecule has 0 aliphatic heterocycles. The summed E-state index contributed by atoms with van der Waals surface area (Å²) in [6, 6.07) is 8.28. The summed E-state index contributed by atoms with van der Waals surface area (Å²) < 4.78 is 5.75. The van der Waals surface area contributed by atoms with Crippen molar-refractivity contribution in [2.24, 2.45) is 0 Å². The Morgan fingerprint density at radius 1 is 1.26 bits per heavy atom. The minimum absolute atomic E-state index is 0. The Balaban J connectivity index is 0.00000264. The summed E-state index contributed by atoms with van der Waals surface area (Å²) in [4.78, 5) is 11.0. The molecule has 0 spiro atoms. The lowest BCUT2D eigenvalue weighted by molar-refractivity contribution is 0.0697. The van der Waals surface area contributed by atoms with E-state index in [4.69, 9.17) is 21.1 Å². The van der Waals surface area contributed by atoms with Crippen LogP contribution in [0.25, 0.3) is 11.3 Å². The van der Waals surface area contributed by atoms with Crippen molar-refractivity contribution < 1.29 is 14.3 Å². The Kier molecular flexibility index (Phi) is 8.17. The molecule has 0 saturated heterocycles. The Morgan fingerprint density at radius 2 is 2.04 bits per heavy atom. The van der Waals surface area contributed by atoms with E-state index in [9.17, 15) is 4.79 Å². The molecule has 2 N–H and O–H groups in total. The van der Waals surface area contributed by atoms with Gasteiger partial charge in [0, 0.05) is 5.56 Å². The van der Waals surface area contributed by atoms with Crippen molar-refractivity contribution in [3.8, 4) is 11.3 Å². The summed E-state index contributed by atoms with van der Waals surface area (Å²) in [5, 5.41) is 12.9. The molecule has 0 unspecified atom stereocenters. The second-order valence-electron chi connectivity index (χ2n) is 5.15. The van der Waals surface area contributed by atoms with Gasteiger partial charge in [0.25, 0.3) is 0 Å². The van der Waals surface area contributed by atoms with Crippen LogP contribution < -0.4 is 5.32 Å². The molecule has 1 heterocycles. The second kappa shape index (κ2) is 9.60. The van der Waals surface area contributed by atoms with Gasteiger partial charge in [-0.25, -0.2) is 4.79 Å². The maximum atomic E-state index is 11.0. The van der Waals surface area contributed by atoms with Crippen molar-refractivity contribution in [3.63, 3.8) is 0 Å². The highest BCUT2D eigenvalue weighted by atomic mass is 35.5. The molecule has 0 aliphatic carbocycles. The van der Waals surface area contributed by atoms with Gasteiger partial charge >= 0.3 is 5.97 Å². The second-order valence-corrected chi connectivity index (χ2v) is 5.56.